The van der Waals surface area contributed by atoms with Crippen molar-refractivity contribution in [2.24, 2.45) is 20.8 Å². The fraction of sp³-hybridized carbons (Fsp3) is 0.429. The van der Waals surface area contributed by atoms with Crippen LogP contribution in [-0.2, 0) is 23.7 Å². The molecule has 0 amide bonds. The first-order valence-corrected chi connectivity index (χ1v) is 16.4. The number of aromatic hydroxyl groups is 2. The lowest BCUT2D eigenvalue weighted by Gasteiger charge is -2.25. The first kappa shape index (κ1) is 34.9. The van der Waals surface area contributed by atoms with Crippen LogP contribution in [0.25, 0.3) is 10.8 Å². The number of phenolic OH excluding ortho intramolecular Hbond substituents is 2. The first-order chi connectivity index (χ1) is 21.1. The van der Waals surface area contributed by atoms with Gasteiger partial charge in [-0.2, -0.15) is 0 Å². The highest BCUT2D eigenvalue weighted by atomic mass is 16.3. The highest BCUT2D eigenvalue weighted by Gasteiger charge is 2.24. The van der Waals surface area contributed by atoms with E-state index in [0.29, 0.717) is 22.5 Å². The van der Waals surface area contributed by atoms with Gasteiger partial charge in [-0.1, -0.05) is 119 Å². The van der Waals surface area contributed by atoms with Crippen LogP contribution in [0.2, 0.25) is 0 Å². The van der Waals surface area contributed by atoms with E-state index in [2.05, 4.69) is 119 Å². The van der Waals surface area contributed by atoms with Crippen LogP contribution in [-0.4, -0.2) is 22.6 Å². The highest BCUT2D eigenvalue weighted by Crippen LogP contribution is 2.39. The predicted octanol–water partition coefficient (Wildman–Crippen LogP) is 11.5. The van der Waals surface area contributed by atoms with Crippen molar-refractivity contribution in [1.82, 2.24) is 0 Å². The molecule has 244 valence electrons. The van der Waals surface area contributed by atoms with E-state index in [0.717, 1.165) is 34.7 Å². The number of hydrogen-bond donors (Lipinski definition) is 2. The van der Waals surface area contributed by atoms with E-state index in [9.17, 15) is 10.2 Å². The third-order valence-corrected chi connectivity index (χ3v) is 8.01. The molecule has 46 heavy (non-hydrogen) atoms. The Kier molecular flexibility index (Phi) is 9.65. The Labute approximate surface area is 277 Å². The summed E-state index contributed by atoms with van der Waals surface area (Å²) >= 11 is 0. The van der Waals surface area contributed by atoms with Gasteiger partial charge in [-0.15, -0.1) is 0 Å². The van der Waals surface area contributed by atoms with Gasteiger partial charge in [0.2, 0.25) is 0 Å². The number of rotatable bonds is 6. The molecule has 0 atom stereocenters. The molecule has 0 saturated carbocycles. The molecule has 4 nitrogen and oxygen atoms in total. The van der Waals surface area contributed by atoms with Crippen LogP contribution < -0.4 is 0 Å². The van der Waals surface area contributed by atoms with Crippen molar-refractivity contribution in [2.75, 3.05) is 0 Å². The van der Waals surface area contributed by atoms with Gasteiger partial charge >= 0.3 is 0 Å². The molecule has 0 aliphatic rings. The van der Waals surface area contributed by atoms with Crippen molar-refractivity contribution < 1.29 is 10.2 Å². The summed E-state index contributed by atoms with van der Waals surface area (Å²) in [6.45, 7) is 26.1. The van der Waals surface area contributed by atoms with Gasteiger partial charge in [0.25, 0.3) is 0 Å². The molecule has 0 unspecified atom stereocenters. The molecule has 0 bridgehead atoms. The smallest absolute Gasteiger partial charge is 0.128 e. The third kappa shape index (κ3) is 8.87. The van der Waals surface area contributed by atoms with Crippen LogP contribution >= 0.6 is 0 Å². The van der Waals surface area contributed by atoms with E-state index < -0.39 is 0 Å². The van der Waals surface area contributed by atoms with Crippen LogP contribution in [0, 0.1) is 10.8 Å². The summed E-state index contributed by atoms with van der Waals surface area (Å²) in [5.41, 5.74) is 6.68. The lowest BCUT2D eigenvalue weighted by atomic mass is 9.81. The largest absolute Gasteiger partial charge is 0.507 e. The predicted molar refractivity (Wildman–Crippen MR) is 198 cm³/mol. The summed E-state index contributed by atoms with van der Waals surface area (Å²) in [7, 11) is 0. The van der Waals surface area contributed by atoms with Gasteiger partial charge in [-0.25, -0.2) is 0 Å². The van der Waals surface area contributed by atoms with Crippen LogP contribution in [0.3, 0.4) is 0 Å². The minimum absolute atomic E-state index is 0.101. The summed E-state index contributed by atoms with van der Waals surface area (Å²) in [5, 5.41) is 24.9. The molecule has 4 aromatic rings. The van der Waals surface area contributed by atoms with Gasteiger partial charge < -0.3 is 10.2 Å². The minimum atomic E-state index is -0.228. The minimum Gasteiger partial charge on any atom is -0.507 e. The summed E-state index contributed by atoms with van der Waals surface area (Å²) < 4.78 is 0. The van der Waals surface area contributed by atoms with Crippen LogP contribution in [0.1, 0.15) is 116 Å². The van der Waals surface area contributed by atoms with E-state index >= 15 is 0 Å². The van der Waals surface area contributed by atoms with Crippen molar-refractivity contribution >= 4 is 34.6 Å². The van der Waals surface area contributed by atoms with E-state index in [1.54, 1.807) is 12.4 Å². The van der Waals surface area contributed by atoms with Gasteiger partial charge in [0, 0.05) is 34.7 Å². The zero-order chi connectivity index (χ0) is 34.2. The van der Waals surface area contributed by atoms with Crippen LogP contribution in [0.5, 0.6) is 11.5 Å². The third-order valence-electron chi connectivity index (χ3n) is 8.01. The maximum Gasteiger partial charge on any atom is 0.128 e. The number of benzene rings is 4. The van der Waals surface area contributed by atoms with Crippen molar-refractivity contribution in [2.45, 2.75) is 107 Å². The monoisotopic (exact) mass is 618 g/mol. The molecule has 0 radical (unpaired) electrons. The Morgan fingerprint density at radius 1 is 0.522 bits per heavy atom. The van der Waals surface area contributed by atoms with E-state index in [-0.39, 0.29) is 33.2 Å². The second kappa shape index (κ2) is 12.7. The van der Waals surface area contributed by atoms with Gasteiger partial charge in [-0.05, 0) is 80.7 Å². The molecule has 0 aromatic heterocycles. The van der Waals surface area contributed by atoms with Crippen molar-refractivity contribution in [3.63, 3.8) is 0 Å². The Morgan fingerprint density at radius 3 is 1.17 bits per heavy atom. The lowest BCUT2D eigenvalue weighted by molar-refractivity contribution is 0.408. The Bertz CT molecular complexity index is 1650. The maximum absolute atomic E-state index is 11.4. The average Bonchev–Trinajstić information content (AvgIpc) is 2.90. The SMILES string of the molecule is CC(C)(C)Cc1cc(C=Nc2cc3ccccc3cc2N=Cc2cc(CC(C)(C)C)cc(C(C)(C)C)c2O)c(O)c(C(C)(C)C)c1. The molecule has 0 saturated heterocycles. The molecule has 0 spiro atoms. The van der Waals surface area contributed by atoms with Gasteiger partial charge in [0.05, 0.1) is 11.4 Å². The molecule has 0 aliphatic carbocycles. The number of fused-ring (bicyclic) bond motifs is 1. The van der Waals surface area contributed by atoms with Crippen molar-refractivity contribution in [3.8, 4) is 11.5 Å². The van der Waals surface area contributed by atoms with Crippen LogP contribution in [0.4, 0.5) is 11.4 Å². The molecular weight excluding hydrogens is 564 g/mol. The van der Waals surface area contributed by atoms with Crippen molar-refractivity contribution in [1.29, 1.82) is 0 Å². The standard InChI is InChI=1S/C42H54N2O2/c1-39(2,3)23-27-17-31(37(45)33(19-27)41(7,8)9)25-43-35-21-29-15-13-14-16-30(29)22-36(35)44-26-32-18-28(24-40(4,5)6)20-34(38(32)46)42(10,11)12/h13-22,25-26,45-46H,23-24H2,1-12H3. The molecule has 0 aliphatic heterocycles. The zero-order valence-electron chi connectivity index (χ0n) is 30.1. The molecular formula is C42H54N2O2. The normalized spacial score (nSPS) is 13.4. The average molecular weight is 619 g/mol. The van der Waals surface area contributed by atoms with Crippen LogP contribution in [0.15, 0.2) is 70.6 Å². The van der Waals surface area contributed by atoms with Gasteiger partial charge in [0.15, 0.2) is 0 Å². The van der Waals surface area contributed by atoms with E-state index in [1.807, 2.05) is 24.3 Å². The quantitative estimate of drug-likeness (QED) is 0.211. The van der Waals surface area contributed by atoms with Crippen molar-refractivity contribution in [3.05, 3.63) is 94.0 Å². The molecule has 4 heteroatoms. The molecule has 4 rings (SSSR count). The Balaban J connectivity index is 1.86. The molecule has 0 heterocycles. The fourth-order valence-corrected chi connectivity index (χ4v) is 5.91. The van der Waals surface area contributed by atoms with E-state index in [1.165, 1.54) is 11.1 Å². The van der Waals surface area contributed by atoms with Gasteiger partial charge in [-0.3, -0.25) is 9.98 Å². The maximum atomic E-state index is 11.4. The lowest BCUT2D eigenvalue weighted by Crippen LogP contribution is -2.15. The Morgan fingerprint density at radius 2 is 0.870 bits per heavy atom. The fourth-order valence-electron chi connectivity index (χ4n) is 5.91. The second-order valence-corrected chi connectivity index (χ2v) is 17.3. The molecule has 4 aromatic carbocycles. The molecule has 2 N–H and O–H groups in total. The summed E-state index contributed by atoms with van der Waals surface area (Å²) in [6.07, 6.45) is 5.30. The number of hydrogen-bond acceptors (Lipinski definition) is 4. The topological polar surface area (TPSA) is 65.2 Å². The summed E-state index contributed by atoms with van der Waals surface area (Å²) in [4.78, 5) is 9.89. The summed E-state index contributed by atoms with van der Waals surface area (Å²) in [5.74, 6) is 0.519. The van der Waals surface area contributed by atoms with Gasteiger partial charge in [0.1, 0.15) is 11.5 Å². The molecule has 0 fully saturated rings. The number of aliphatic imine (C=N–C) groups is 2. The highest BCUT2D eigenvalue weighted by molar-refractivity contribution is 5.96. The summed E-state index contributed by atoms with van der Waals surface area (Å²) in [6, 6.07) is 20.6. The zero-order valence-corrected chi connectivity index (χ0v) is 30.1. The Hall–Kier alpha value is -3.92. The number of phenols is 2. The van der Waals surface area contributed by atoms with E-state index in [4.69, 9.17) is 9.98 Å². The second-order valence-electron chi connectivity index (χ2n) is 17.3. The first-order valence-electron chi connectivity index (χ1n) is 16.4. The number of nitrogens with zero attached hydrogens (tertiary/aromatic N) is 2.